The SMILES string of the molecule is Cc1cc(=O)[nH]c(-c2cnn(CCC(=O)N3CCc4ccccc4C3)c2)n1. The summed E-state index contributed by atoms with van der Waals surface area (Å²) in [4.78, 5) is 33.1. The number of amides is 1. The maximum absolute atomic E-state index is 12.6. The molecule has 0 spiro atoms. The van der Waals surface area contributed by atoms with Crippen LogP contribution in [0.15, 0.2) is 47.5 Å². The van der Waals surface area contributed by atoms with Crippen LogP contribution in [0.3, 0.4) is 0 Å². The van der Waals surface area contributed by atoms with Crippen LogP contribution >= 0.6 is 0 Å². The molecule has 1 aromatic carbocycles. The average molecular weight is 363 g/mol. The van der Waals surface area contributed by atoms with Gasteiger partial charge in [0.1, 0.15) is 5.82 Å². The van der Waals surface area contributed by atoms with Crippen molar-refractivity contribution in [2.75, 3.05) is 6.54 Å². The zero-order valence-electron chi connectivity index (χ0n) is 15.2. The van der Waals surface area contributed by atoms with Crippen LogP contribution in [-0.4, -0.2) is 37.1 Å². The highest BCUT2D eigenvalue weighted by Gasteiger charge is 2.20. The molecule has 1 aliphatic heterocycles. The second kappa shape index (κ2) is 7.19. The zero-order chi connectivity index (χ0) is 18.8. The highest BCUT2D eigenvalue weighted by Crippen LogP contribution is 2.19. The molecule has 3 aromatic rings. The summed E-state index contributed by atoms with van der Waals surface area (Å²) >= 11 is 0. The summed E-state index contributed by atoms with van der Waals surface area (Å²) in [6, 6.07) is 9.73. The van der Waals surface area contributed by atoms with Crippen molar-refractivity contribution in [3.05, 3.63) is 69.9 Å². The number of carbonyl (C=O) groups is 1. The van der Waals surface area contributed by atoms with Gasteiger partial charge < -0.3 is 9.88 Å². The molecule has 0 saturated carbocycles. The summed E-state index contributed by atoms with van der Waals surface area (Å²) in [6.45, 7) is 3.70. The molecule has 1 N–H and O–H groups in total. The van der Waals surface area contributed by atoms with Gasteiger partial charge in [-0.05, 0) is 24.5 Å². The maximum atomic E-state index is 12.6. The van der Waals surface area contributed by atoms with Gasteiger partial charge in [0.05, 0.1) is 11.8 Å². The van der Waals surface area contributed by atoms with Gasteiger partial charge in [-0.2, -0.15) is 5.10 Å². The molecule has 7 heteroatoms. The number of nitrogens with one attached hydrogen (secondary N) is 1. The van der Waals surface area contributed by atoms with Crippen LogP contribution in [-0.2, 0) is 24.3 Å². The molecule has 1 aliphatic rings. The van der Waals surface area contributed by atoms with Crippen LogP contribution in [0.4, 0.5) is 0 Å². The molecule has 0 bridgehead atoms. The van der Waals surface area contributed by atoms with Crippen molar-refractivity contribution >= 4 is 5.91 Å². The van der Waals surface area contributed by atoms with Gasteiger partial charge in [-0.25, -0.2) is 4.98 Å². The summed E-state index contributed by atoms with van der Waals surface area (Å²) in [5.74, 6) is 0.619. The largest absolute Gasteiger partial charge is 0.338 e. The normalized spacial score (nSPS) is 13.4. The number of fused-ring (bicyclic) bond motifs is 1. The second-order valence-corrected chi connectivity index (χ2v) is 6.81. The number of hydrogen-bond acceptors (Lipinski definition) is 4. The summed E-state index contributed by atoms with van der Waals surface area (Å²) < 4.78 is 1.72. The lowest BCUT2D eigenvalue weighted by molar-refractivity contribution is -0.132. The van der Waals surface area contributed by atoms with E-state index in [1.165, 1.54) is 17.2 Å². The summed E-state index contributed by atoms with van der Waals surface area (Å²) in [6.07, 6.45) is 4.75. The number of aryl methyl sites for hydroxylation is 2. The first-order valence-electron chi connectivity index (χ1n) is 9.04. The van der Waals surface area contributed by atoms with E-state index in [1.807, 2.05) is 17.0 Å². The minimum absolute atomic E-state index is 0.128. The molecule has 27 heavy (non-hydrogen) atoms. The van der Waals surface area contributed by atoms with Gasteiger partial charge in [-0.1, -0.05) is 24.3 Å². The number of aromatic nitrogens is 4. The van der Waals surface area contributed by atoms with Crippen LogP contribution in [0.5, 0.6) is 0 Å². The van der Waals surface area contributed by atoms with E-state index < -0.39 is 0 Å². The first-order chi connectivity index (χ1) is 13.1. The quantitative estimate of drug-likeness (QED) is 0.767. The van der Waals surface area contributed by atoms with Gasteiger partial charge in [0.15, 0.2) is 0 Å². The lowest BCUT2D eigenvalue weighted by Gasteiger charge is -2.29. The minimum Gasteiger partial charge on any atom is -0.338 e. The van der Waals surface area contributed by atoms with Gasteiger partial charge in [0, 0.05) is 44.0 Å². The Balaban J connectivity index is 1.39. The van der Waals surface area contributed by atoms with Gasteiger partial charge in [-0.3, -0.25) is 14.3 Å². The third kappa shape index (κ3) is 3.81. The average Bonchev–Trinajstić information content (AvgIpc) is 3.14. The van der Waals surface area contributed by atoms with E-state index in [4.69, 9.17) is 0 Å². The first kappa shape index (κ1) is 17.2. The Morgan fingerprint density at radius 3 is 2.89 bits per heavy atom. The number of H-pyrrole nitrogens is 1. The Hall–Kier alpha value is -3.22. The van der Waals surface area contributed by atoms with Crippen LogP contribution in [0.25, 0.3) is 11.4 Å². The van der Waals surface area contributed by atoms with Gasteiger partial charge in [0.2, 0.25) is 5.91 Å². The van der Waals surface area contributed by atoms with Gasteiger partial charge >= 0.3 is 0 Å². The number of nitrogens with zero attached hydrogens (tertiary/aromatic N) is 4. The van der Waals surface area contributed by atoms with E-state index in [-0.39, 0.29) is 11.5 Å². The Labute approximate surface area is 156 Å². The zero-order valence-corrected chi connectivity index (χ0v) is 15.2. The third-order valence-corrected chi connectivity index (χ3v) is 4.81. The topological polar surface area (TPSA) is 83.9 Å². The van der Waals surface area contributed by atoms with E-state index in [0.717, 1.165) is 18.5 Å². The predicted molar refractivity (Wildman–Crippen MR) is 101 cm³/mol. The predicted octanol–water partition coefficient (Wildman–Crippen LogP) is 1.92. The molecule has 0 unspecified atom stereocenters. The van der Waals surface area contributed by atoms with E-state index in [0.29, 0.717) is 31.0 Å². The molecule has 3 heterocycles. The number of carbonyl (C=O) groups excluding carboxylic acids is 1. The smallest absolute Gasteiger partial charge is 0.251 e. The third-order valence-electron chi connectivity index (χ3n) is 4.81. The number of rotatable bonds is 4. The van der Waals surface area contributed by atoms with Crippen LogP contribution in [0, 0.1) is 6.92 Å². The van der Waals surface area contributed by atoms with E-state index >= 15 is 0 Å². The Bertz CT molecular complexity index is 1040. The highest BCUT2D eigenvalue weighted by molar-refractivity contribution is 5.76. The fourth-order valence-corrected chi connectivity index (χ4v) is 3.40. The van der Waals surface area contributed by atoms with E-state index in [9.17, 15) is 9.59 Å². The fourth-order valence-electron chi connectivity index (χ4n) is 3.40. The molecular weight excluding hydrogens is 342 g/mol. The monoisotopic (exact) mass is 363 g/mol. The maximum Gasteiger partial charge on any atom is 0.251 e. The van der Waals surface area contributed by atoms with Crippen molar-refractivity contribution in [3.8, 4) is 11.4 Å². The van der Waals surface area contributed by atoms with Crippen LogP contribution < -0.4 is 5.56 Å². The highest BCUT2D eigenvalue weighted by atomic mass is 16.2. The van der Waals surface area contributed by atoms with Crippen molar-refractivity contribution in [2.45, 2.75) is 32.9 Å². The standard InChI is InChI=1S/C20H21N5O2/c1-14-10-18(26)23-20(22-14)17-11-21-25(13-17)9-7-19(27)24-8-6-15-4-2-3-5-16(15)12-24/h2-5,10-11,13H,6-9,12H2,1H3,(H,22,23,26). The molecule has 2 aromatic heterocycles. The molecule has 1 amide bonds. The molecule has 7 nitrogen and oxygen atoms in total. The molecule has 0 saturated heterocycles. The second-order valence-electron chi connectivity index (χ2n) is 6.81. The molecule has 0 aliphatic carbocycles. The lowest BCUT2D eigenvalue weighted by atomic mass is 10.00. The first-order valence-corrected chi connectivity index (χ1v) is 9.04. The van der Waals surface area contributed by atoms with Crippen molar-refractivity contribution < 1.29 is 4.79 Å². The van der Waals surface area contributed by atoms with E-state index in [1.54, 1.807) is 24.0 Å². The molecule has 0 atom stereocenters. The fraction of sp³-hybridized carbons (Fsp3) is 0.300. The molecular formula is C20H21N5O2. The Morgan fingerprint density at radius 1 is 1.26 bits per heavy atom. The van der Waals surface area contributed by atoms with Gasteiger partial charge in [-0.15, -0.1) is 0 Å². The molecule has 4 rings (SSSR count). The van der Waals surface area contributed by atoms with Crippen molar-refractivity contribution in [1.82, 2.24) is 24.6 Å². The molecule has 138 valence electrons. The summed E-state index contributed by atoms with van der Waals surface area (Å²) in [7, 11) is 0. The minimum atomic E-state index is -0.189. The summed E-state index contributed by atoms with van der Waals surface area (Å²) in [5, 5.41) is 4.29. The molecule has 0 fully saturated rings. The number of hydrogen-bond donors (Lipinski definition) is 1. The van der Waals surface area contributed by atoms with Crippen LogP contribution in [0.1, 0.15) is 23.2 Å². The Morgan fingerprint density at radius 2 is 2.07 bits per heavy atom. The number of aromatic amines is 1. The van der Waals surface area contributed by atoms with Crippen LogP contribution in [0.2, 0.25) is 0 Å². The van der Waals surface area contributed by atoms with Gasteiger partial charge in [0.25, 0.3) is 5.56 Å². The summed E-state index contributed by atoms with van der Waals surface area (Å²) in [5.41, 5.74) is 3.76. The van der Waals surface area contributed by atoms with E-state index in [2.05, 4.69) is 27.2 Å². The molecule has 0 radical (unpaired) electrons. The van der Waals surface area contributed by atoms with Crippen molar-refractivity contribution in [3.63, 3.8) is 0 Å². The number of benzene rings is 1. The van der Waals surface area contributed by atoms with Crippen molar-refractivity contribution in [2.24, 2.45) is 0 Å². The van der Waals surface area contributed by atoms with Crippen molar-refractivity contribution in [1.29, 1.82) is 0 Å². The lowest BCUT2D eigenvalue weighted by Crippen LogP contribution is -2.36. The Kier molecular flexibility index (Phi) is 4.58.